The summed E-state index contributed by atoms with van der Waals surface area (Å²) in [4.78, 5) is 0. The van der Waals surface area contributed by atoms with Gasteiger partial charge in [-0.05, 0) is 13.0 Å². The standard InChI is InChI=1S/C5H8Si.Y/c1-3-4-5-6-2;/h5H2,1-2H3;. The molecule has 0 spiro atoms. The van der Waals surface area contributed by atoms with Gasteiger partial charge in [-0.15, -0.1) is 11.8 Å². The Morgan fingerprint density at radius 1 is 1.57 bits per heavy atom. The number of hydrogen-bond acceptors (Lipinski definition) is 0. The Balaban J connectivity index is 0. The SMILES string of the molecule is CC#CC[Si]C.[Y]. The normalized spacial score (nSPS) is 5.43. The predicted molar refractivity (Wildman–Crippen MR) is 29.9 cm³/mol. The fourth-order valence-electron chi connectivity index (χ4n) is 0.177. The molecule has 0 saturated carbocycles. The minimum absolute atomic E-state index is 0. The minimum Gasteiger partial charge on any atom is -0.107 e. The maximum atomic E-state index is 2.96. The van der Waals surface area contributed by atoms with Crippen molar-refractivity contribution in [3.8, 4) is 11.8 Å². The molecule has 0 atom stereocenters. The molecule has 3 radical (unpaired) electrons. The van der Waals surface area contributed by atoms with E-state index in [-0.39, 0.29) is 32.7 Å². The van der Waals surface area contributed by atoms with Gasteiger partial charge in [-0.3, -0.25) is 0 Å². The van der Waals surface area contributed by atoms with Gasteiger partial charge in [0, 0.05) is 42.2 Å². The number of rotatable bonds is 1. The summed E-state index contributed by atoms with van der Waals surface area (Å²) in [5.41, 5.74) is 0. The van der Waals surface area contributed by atoms with Crippen molar-refractivity contribution in [2.75, 3.05) is 0 Å². The molecule has 0 aromatic carbocycles. The first kappa shape index (κ1) is 10.8. The van der Waals surface area contributed by atoms with Crippen molar-refractivity contribution in [1.29, 1.82) is 0 Å². The summed E-state index contributed by atoms with van der Waals surface area (Å²) in [5.74, 6) is 5.79. The first-order chi connectivity index (χ1) is 2.91. The van der Waals surface area contributed by atoms with Crippen molar-refractivity contribution in [3.05, 3.63) is 0 Å². The predicted octanol–water partition coefficient (Wildman–Crippen LogP) is 1.18. The van der Waals surface area contributed by atoms with E-state index in [1.54, 1.807) is 0 Å². The van der Waals surface area contributed by atoms with Crippen LogP contribution in [0.4, 0.5) is 0 Å². The van der Waals surface area contributed by atoms with Crippen molar-refractivity contribution < 1.29 is 32.7 Å². The fraction of sp³-hybridized carbons (Fsp3) is 0.600. The second kappa shape index (κ2) is 9.99. The van der Waals surface area contributed by atoms with Crippen LogP contribution in [-0.2, 0) is 32.7 Å². The molecule has 0 fully saturated rings. The molecular formula is C5H8SiY. The van der Waals surface area contributed by atoms with E-state index in [2.05, 4.69) is 18.4 Å². The monoisotopic (exact) mass is 185 g/mol. The molecule has 0 N–H and O–H groups in total. The molecule has 0 rings (SSSR count). The van der Waals surface area contributed by atoms with Crippen LogP contribution in [0.15, 0.2) is 0 Å². The Hall–Kier alpha value is 0.881. The van der Waals surface area contributed by atoms with E-state index >= 15 is 0 Å². The van der Waals surface area contributed by atoms with Crippen LogP contribution in [0.3, 0.4) is 0 Å². The Morgan fingerprint density at radius 2 is 2.14 bits per heavy atom. The summed E-state index contributed by atoms with van der Waals surface area (Å²) in [6.07, 6.45) is 0. The summed E-state index contributed by atoms with van der Waals surface area (Å²) in [6, 6.07) is 1.08. The van der Waals surface area contributed by atoms with Gasteiger partial charge in [0.25, 0.3) is 0 Å². The quantitative estimate of drug-likeness (QED) is 0.425. The molecule has 0 unspecified atom stereocenters. The third-order valence-corrected chi connectivity index (χ3v) is 0.972. The van der Waals surface area contributed by atoms with Gasteiger partial charge < -0.3 is 0 Å². The number of hydrogen-bond donors (Lipinski definition) is 0. The van der Waals surface area contributed by atoms with Crippen LogP contribution in [0, 0.1) is 11.8 Å². The molecule has 0 bridgehead atoms. The van der Waals surface area contributed by atoms with Crippen LogP contribution in [0.5, 0.6) is 0 Å². The van der Waals surface area contributed by atoms with Crippen molar-refractivity contribution in [3.63, 3.8) is 0 Å². The topological polar surface area (TPSA) is 0 Å². The van der Waals surface area contributed by atoms with E-state index < -0.39 is 0 Å². The zero-order valence-electron chi connectivity index (χ0n) is 4.78. The van der Waals surface area contributed by atoms with Gasteiger partial charge in [0.15, 0.2) is 0 Å². The van der Waals surface area contributed by atoms with E-state index in [1.807, 2.05) is 6.92 Å². The van der Waals surface area contributed by atoms with Crippen LogP contribution in [0.1, 0.15) is 6.92 Å². The summed E-state index contributed by atoms with van der Waals surface area (Å²) in [6.45, 7) is 4.03. The van der Waals surface area contributed by atoms with Gasteiger partial charge in [0.1, 0.15) is 0 Å². The van der Waals surface area contributed by atoms with Gasteiger partial charge in [-0.1, -0.05) is 6.55 Å². The van der Waals surface area contributed by atoms with Gasteiger partial charge in [0.2, 0.25) is 0 Å². The molecule has 0 aliphatic heterocycles. The maximum absolute atomic E-state index is 2.96. The average Bonchev–Trinajstić information content (AvgIpc) is 1.61. The fourth-order valence-corrected chi connectivity index (χ4v) is 0.530. The largest absolute Gasteiger partial charge is 0.107 e. The van der Waals surface area contributed by atoms with Crippen LogP contribution in [0.2, 0.25) is 12.6 Å². The molecule has 0 aliphatic rings. The van der Waals surface area contributed by atoms with Crippen molar-refractivity contribution >= 4 is 9.52 Å². The molecule has 0 amide bonds. The Morgan fingerprint density at radius 3 is 2.29 bits per heavy atom. The van der Waals surface area contributed by atoms with Gasteiger partial charge in [0.05, 0.1) is 0 Å². The minimum atomic E-state index is 0. The molecule has 0 aromatic rings. The molecule has 7 heavy (non-hydrogen) atoms. The first-order valence-corrected chi connectivity index (χ1v) is 3.66. The second-order valence-corrected chi connectivity index (χ2v) is 2.02. The third kappa shape index (κ3) is 10.9. The summed E-state index contributed by atoms with van der Waals surface area (Å²) < 4.78 is 0. The summed E-state index contributed by atoms with van der Waals surface area (Å²) in [7, 11) is 0.991. The molecular weight excluding hydrogens is 177 g/mol. The summed E-state index contributed by atoms with van der Waals surface area (Å²) >= 11 is 0. The Kier molecular flexibility index (Phi) is 15.4. The summed E-state index contributed by atoms with van der Waals surface area (Å²) in [5, 5.41) is 0. The van der Waals surface area contributed by atoms with Crippen molar-refractivity contribution in [2.24, 2.45) is 0 Å². The van der Waals surface area contributed by atoms with E-state index in [0.717, 1.165) is 15.6 Å². The molecule has 0 saturated heterocycles. The van der Waals surface area contributed by atoms with Crippen molar-refractivity contribution in [2.45, 2.75) is 19.5 Å². The van der Waals surface area contributed by atoms with E-state index in [9.17, 15) is 0 Å². The van der Waals surface area contributed by atoms with Gasteiger partial charge >= 0.3 is 0 Å². The zero-order valence-corrected chi connectivity index (χ0v) is 8.62. The first-order valence-electron chi connectivity index (χ1n) is 1.96. The Bertz CT molecular complexity index is 69.9. The molecule has 35 valence electrons. The third-order valence-electron chi connectivity index (χ3n) is 0.442. The molecule has 0 heterocycles. The van der Waals surface area contributed by atoms with E-state index in [1.165, 1.54) is 0 Å². The smallest absolute Gasteiger partial charge is 0.0500 e. The Labute approximate surface area is 73.2 Å². The molecule has 2 heteroatoms. The average molecular weight is 185 g/mol. The van der Waals surface area contributed by atoms with Crippen LogP contribution < -0.4 is 0 Å². The molecule has 0 nitrogen and oxygen atoms in total. The zero-order chi connectivity index (χ0) is 4.83. The van der Waals surface area contributed by atoms with Gasteiger partial charge in [-0.2, -0.15) is 0 Å². The van der Waals surface area contributed by atoms with E-state index in [0.29, 0.717) is 0 Å². The maximum Gasteiger partial charge on any atom is 0.0500 e. The van der Waals surface area contributed by atoms with Crippen molar-refractivity contribution in [1.82, 2.24) is 0 Å². The van der Waals surface area contributed by atoms with E-state index in [4.69, 9.17) is 0 Å². The second-order valence-electron chi connectivity index (χ2n) is 0.957. The van der Waals surface area contributed by atoms with Crippen LogP contribution in [-0.4, -0.2) is 9.52 Å². The van der Waals surface area contributed by atoms with Crippen LogP contribution in [0.25, 0.3) is 0 Å². The molecule has 0 aromatic heterocycles. The van der Waals surface area contributed by atoms with Gasteiger partial charge in [-0.25, -0.2) is 0 Å². The molecule has 0 aliphatic carbocycles. The van der Waals surface area contributed by atoms with Crippen LogP contribution >= 0.6 is 0 Å².